The molecule has 1 atom stereocenters. The van der Waals surface area contributed by atoms with E-state index in [1.807, 2.05) is 45.0 Å². The minimum atomic E-state index is -3.77. The van der Waals surface area contributed by atoms with Crippen LogP contribution in [0.5, 0.6) is 5.75 Å². The van der Waals surface area contributed by atoms with E-state index >= 15 is 0 Å². The smallest absolute Gasteiger partial charge is 0.244 e. The molecule has 0 fully saturated rings. The van der Waals surface area contributed by atoms with Crippen molar-refractivity contribution in [2.45, 2.75) is 46.2 Å². The average Bonchev–Trinajstić information content (AvgIpc) is 2.80. The van der Waals surface area contributed by atoms with E-state index in [-0.39, 0.29) is 12.5 Å². The summed E-state index contributed by atoms with van der Waals surface area (Å²) >= 11 is 0. The van der Waals surface area contributed by atoms with E-state index in [4.69, 9.17) is 4.74 Å². The predicted octanol–water partition coefficient (Wildman–Crippen LogP) is 3.10. The number of sulfonamides is 1. The number of benzene rings is 2. The summed E-state index contributed by atoms with van der Waals surface area (Å²) in [6.45, 7) is 6.02. The second-order valence-electron chi connectivity index (χ2n) is 8.19. The zero-order valence-corrected chi connectivity index (χ0v) is 21.4. The molecule has 0 aromatic heterocycles. The summed E-state index contributed by atoms with van der Waals surface area (Å²) in [6.07, 6.45) is 2.22. The number of anilines is 1. The summed E-state index contributed by atoms with van der Waals surface area (Å²) in [4.78, 5) is 28.0. The first-order chi connectivity index (χ1) is 16.1. The van der Waals surface area contributed by atoms with Gasteiger partial charge in [-0.3, -0.25) is 13.9 Å². The van der Waals surface area contributed by atoms with Gasteiger partial charge in [0.15, 0.2) is 0 Å². The Hall–Kier alpha value is -3.07. The third-order valence-electron chi connectivity index (χ3n) is 5.41. The molecule has 0 heterocycles. The van der Waals surface area contributed by atoms with Gasteiger partial charge in [0, 0.05) is 13.1 Å². The van der Waals surface area contributed by atoms with E-state index in [0.717, 1.165) is 28.1 Å². The maximum absolute atomic E-state index is 13.6. The Kier molecular flexibility index (Phi) is 9.92. The molecule has 2 aromatic rings. The third-order valence-corrected chi connectivity index (χ3v) is 6.55. The summed E-state index contributed by atoms with van der Waals surface area (Å²) in [5.41, 5.74) is 2.24. The monoisotopic (exact) mass is 489 g/mol. The highest BCUT2D eigenvalue weighted by molar-refractivity contribution is 7.92. The van der Waals surface area contributed by atoms with Crippen LogP contribution in [0.4, 0.5) is 5.69 Å². The first kappa shape index (κ1) is 27.2. The second-order valence-corrected chi connectivity index (χ2v) is 10.1. The quantitative estimate of drug-likeness (QED) is 0.494. The number of hydrogen-bond acceptors (Lipinski definition) is 5. The van der Waals surface area contributed by atoms with Crippen LogP contribution >= 0.6 is 0 Å². The van der Waals surface area contributed by atoms with Crippen LogP contribution in [-0.2, 0) is 26.2 Å². The fourth-order valence-corrected chi connectivity index (χ4v) is 4.50. The molecule has 8 nitrogen and oxygen atoms in total. The number of nitrogens with zero attached hydrogens (tertiary/aromatic N) is 2. The normalized spacial score (nSPS) is 12.0. The standard InChI is InChI=1S/C25H35N3O5S/c1-6-15-26-25(30)23(7-2)27(17-20-10-8-9-19(3)16-20)24(29)18-28(34(5,31)32)21-11-13-22(33-4)14-12-21/h8-14,16,23H,6-7,15,17-18H2,1-5H3,(H,26,30)/t23-/m0/s1. The molecule has 0 saturated carbocycles. The van der Waals surface area contributed by atoms with E-state index in [2.05, 4.69) is 5.32 Å². The van der Waals surface area contributed by atoms with Gasteiger partial charge in [-0.1, -0.05) is 43.7 Å². The van der Waals surface area contributed by atoms with Gasteiger partial charge in [0.25, 0.3) is 0 Å². The lowest BCUT2D eigenvalue weighted by Crippen LogP contribution is -2.52. The summed E-state index contributed by atoms with van der Waals surface area (Å²) in [5, 5.41) is 2.87. The van der Waals surface area contributed by atoms with Gasteiger partial charge in [0.2, 0.25) is 21.8 Å². The molecular formula is C25H35N3O5S. The summed E-state index contributed by atoms with van der Waals surface area (Å²) in [5.74, 6) is -0.134. The maximum Gasteiger partial charge on any atom is 0.244 e. The van der Waals surface area contributed by atoms with Crippen molar-refractivity contribution in [2.75, 3.05) is 30.8 Å². The number of ether oxygens (including phenoxy) is 1. The molecule has 0 saturated heterocycles. The van der Waals surface area contributed by atoms with Gasteiger partial charge in [-0.25, -0.2) is 8.42 Å². The number of amides is 2. The van der Waals surface area contributed by atoms with Gasteiger partial charge in [-0.2, -0.15) is 0 Å². The predicted molar refractivity (Wildman–Crippen MR) is 134 cm³/mol. The van der Waals surface area contributed by atoms with Crippen LogP contribution in [0, 0.1) is 6.92 Å². The number of carbonyl (C=O) groups is 2. The van der Waals surface area contributed by atoms with E-state index in [1.165, 1.54) is 12.0 Å². The summed E-state index contributed by atoms with van der Waals surface area (Å²) < 4.78 is 31.4. The molecule has 0 spiro atoms. The molecule has 1 N–H and O–H groups in total. The van der Waals surface area contributed by atoms with Crippen LogP contribution in [0.2, 0.25) is 0 Å². The molecule has 0 radical (unpaired) electrons. The van der Waals surface area contributed by atoms with Crippen molar-refractivity contribution in [3.8, 4) is 5.75 Å². The Morgan fingerprint density at radius 1 is 1.09 bits per heavy atom. The Labute approximate surface area is 202 Å². The fraction of sp³-hybridized carbons (Fsp3) is 0.440. The van der Waals surface area contributed by atoms with Gasteiger partial charge in [-0.05, 0) is 49.6 Å². The zero-order valence-electron chi connectivity index (χ0n) is 20.6. The third kappa shape index (κ3) is 7.48. The van der Waals surface area contributed by atoms with Crippen molar-refractivity contribution in [1.82, 2.24) is 10.2 Å². The molecule has 186 valence electrons. The number of hydrogen-bond donors (Lipinski definition) is 1. The fourth-order valence-electron chi connectivity index (χ4n) is 3.65. The van der Waals surface area contributed by atoms with Crippen molar-refractivity contribution >= 4 is 27.5 Å². The molecule has 2 amide bonds. The highest BCUT2D eigenvalue weighted by Gasteiger charge is 2.31. The van der Waals surface area contributed by atoms with Crippen LogP contribution in [0.3, 0.4) is 0 Å². The minimum absolute atomic E-state index is 0.193. The molecule has 2 aromatic carbocycles. The van der Waals surface area contributed by atoms with Crippen LogP contribution in [0.15, 0.2) is 48.5 Å². The molecule has 0 unspecified atom stereocenters. The lowest BCUT2D eigenvalue weighted by molar-refractivity contribution is -0.140. The van der Waals surface area contributed by atoms with Gasteiger partial charge >= 0.3 is 0 Å². The van der Waals surface area contributed by atoms with E-state index in [0.29, 0.717) is 24.4 Å². The lowest BCUT2D eigenvalue weighted by atomic mass is 10.1. The van der Waals surface area contributed by atoms with Crippen molar-refractivity contribution < 1.29 is 22.7 Å². The van der Waals surface area contributed by atoms with E-state index in [9.17, 15) is 18.0 Å². The van der Waals surface area contributed by atoms with Gasteiger partial charge < -0.3 is 15.0 Å². The first-order valence-corrected chi connectivity index (χ1v) is 13.2. The van der Waals surface area contributed by atoms with Crippen molar-refractivity contribution in [3.05, 3.63) is 59.7 Å². The Morgan fingerprint density at radius 2 is 1.76 bits per heavy atom. The molecule has 0 bridgehead atoms. The van der Waals surface area contributed by atoms with Crippen molar-refractivity contribution in [1.29, 1.82) is 0 Å². The molecule has 34 heavy (non-hydrogen) atoms. The Morgan fingerprint density at radius 3 is 2.29 bits per heavy atom. The Bertz CT molecular complexity index is 1070. The zero-order chi connectivity index (χ0) is 25.3. The number of rotatable bonds is 12. The van der Waals surface area contributed by atoms with Gasteiger partial charge in [0.05, 0.1) is 19.1 Å². The highest BCUT2D eigenvalue weighted by atomic mass is 32.2. The molecule has 0 aliphatic rings. The number of aryl methyl sites for hydroxylation is 1. The first-order valence-electron chi connectivity index (χ1n) is 11.3. The number of methoxy groups -OCH3 is 1. The van der Waals surface area contributed by atoms with Crippen molar-refractivity contribution in [2.24, 2.45) is 0 Å². The summed E-state index contributed by atoms with van der Waals surface area (Å²) in [7, 11) is -2.25. The Balaban J connectivity index is 2.41. The topological polar surface area (TPSA) is 96.0 Å². The van der Waals surface area contributed by atoms with Gasteiger partial charge in [0.1, 0.15) is 18.3 Å². The average molecular weight is 490 g/mol. The van der Waals surface area contributed by atoms with Crippen LogP contribution in [0.25, 0.3) is 0 Å². The van der Waals surface area contributed by atoms with E-state index in [1.54, 1.807) is 24.3 Å². The molecule has 9 heteroatoms. The largest absolute Gasteiger partial charge is 0.497 e. The second kappa shape index (κ2) is 12.4. The molecule has 2 rings (SSSR count). The van der Waals surface area contributed by atoms with Gasteiger partial charge in [-0.15, -0.1) is 0 Å². The molecular weight excluding hydrogens is 454 g/mol. The number of carbonyl (C=O) groups excluding carboxylic acids is 2. The van der Waals surface area contributed by atoms with Crippen LogP contribution in [-0.4, -0.2) is 57.6 Å². The molecule has 0 aliphatic carbocycles. The van der Waals surface area contributed by atoms with E-state index < -0.39 is 28.5 Å². The van der Waals surface area contributed by atoms with Crippen LogP contribution < -0.4 is 14.4 Å². The highest BCUT2D eigenvalue weighted by Crippen LogP contribution is 2.22. The maximum atomic E-state index is 13.6. The lowest BCUT2D eigenvalue weighted by Gasteiger charge is -2.33. The minimum Gasteiger partial charge on any atom is -0.497 e. The van der Waals surface area contributed by atoms with Crippen LogP contribution in [0.1, 0.15) is 37.8 Å². The summed E-state index contributed by atoms with van der Waals surface area (Å²) in [6, 6.07) is 13.4. The van der Waals surface area contributed by atoms with Crippen molar-refractivity contribution in [3.63, 3.8) is 0 Å². The number of nitrogens with one attached hydrogen (secondary N) is 1. The molecule has 0 aliphatic heterocycles. The SMILES string of the molecule is CCCNC(=O)[C@H](CC)N(Cc1cccc(C)c1)C(=O)CN(c1ccc(OC)cc1)S(C)(=O)=O.